The Labute approximate surface area is 218 Å². The molecule has 1 saturated carbocycles. The maximum absolute atomic E-state index is 13.7. The third-order valence-corrected chi connectivity index (χ3v) is 6.55. The van der Waals surface area contributed by atoms with E-state index in [1.165, 1.54) is 6.33 Å². The third kappa shape index (κ3) is 5.60. The number of ether oxygens (including phenoxy) is 1. The molecular weight excluding hydrogens is 466 g/mol. The van der Waals surface area contributed by atoms with Crippen LogP contribution in [0.1, 0.15) is 75.4 Å². The zero-order valence-electron chi connectivity index (χ0n) is 22.5. The number of amides is 1. The van der Waals surface area contributed by atoms with Crippen molar-refractivity contribution >= 4 is 23.3 Å². The molecular formula is C28H35N7O2. The molecule has 0 spiro atoms. The van der Waals surface area contributed by atoms with Gasteiger partial charge in [0.2, 0.25) is 5.88 Å². The second kappa shape index (κ2) is 11.0. The summed E-state index contributed by atoms with van der Waals surface area (Å²) in [7, 11) is 1.58. The van der Waals surface area contributed by atoms with E-state index in [4.69, 9.17) is 14.7 Å². The van der Waals surface area contributed by atoms with Crippen LogP contribution in [0.2, 0.25) is 0 Å². The van der Waals surface area contributed by atoms with Gasteiger partial charge in [0.05, 0.1) is 24.1 Å². The summed E-state index contributed by atoms with van der Waals surface area (Å²) in [5, 5.41) is 3.22. The van der Waals surface area contributed by atoms with E-state index in [9.17, 15) is 4.79 Å². The van der Waals surface area contributed by atoms with Crippen LogP contribution in [0.15, 0.2) is 52.5 Å². The minimum absolute atomic E-state index is 0.112. The number of allylic oxidation sites excluding steroid dienone is 1. The van der Waals surface area contributed by atoms with Crippen molar-refractivity contribution in [2.24, 2.45) is 9.98 Å². The fraction of sp³-hybridized carbons (Fsp3) is 0.429. The topological polar surface area (TPSA) is 105 Å². The van der Waals surface area contributed by atoms with Crippen molar-refractivity contribution in [3.63, 3.8) is 0 Å². The van der Waals surface area contributed by atoms with Crippen molar-refractivity contribution in [1.29, 1.82) is 0 Å². The zero-order valence-corrected chi connectivity index (χ0v) is 22.5. The van der Waals surface area contributed by atoms with Gasteiger partial charge in [-0.05, 0) is 64.2 Å². The highest BCUT2D eigenvalue weighted by Crippen LogP contribution is 2.44. The summed E-state index contributed by atoms with van der Waals surface area (Å²) in [6.07, 6.45) is 6.17. The Morgan fingerprint density at radius 2 is 2.03 bits per heavy atom. The number of aryl methyl sites for hydroxylation is 1. The van der Waals surface area contributed by atoms with Crippen LogP contribution in [0.4, 0.5) is 0 Å². The van der Waals surface area contributed by atoms with Crippen LogP contribution >= 0.6 is 0 Å². The summed E-state index contributed by atoms with van der Waals surface area (Å²) in [5.74, 6) is 1.29. The molecule has 3 heterocycles. The van der Waals surface area contributed by atoms with E-state index in [1.807, 2.05) is 46.8 Å². The summed E-state index contributed by atoms with van der Waals surface area (Å²) in [5.41, 5.74) is 5.49. The molecule has 2 aromatic rings. The maximum atomic E-state index is 13.7. The highest BCUT2D eigenvalue weighted by atomic mass is 16.5. The highest BCUT2D eigenvalue weighted by Gasteiger charge is 2.36. The molecule has 1 amide bonds. The Hall–Kier alpha value is -3.88. The van der Waals surface area contributed by atoms with E-state index in [0.717, 1.165) is 41.8 Å². The van der Waals surface area contributed by atoms with E-state index in [0.29, 0.717) is 41.1 Å². The first-order valence-corrected chi connectivity index (χ1v) is 12.7. The SMILES string of the molecule is C=C(/N=C1\C(=C(C)C)N=C(NCc2ccc(C)nc2)C(=O)N1[C@@H](C)CC)c1c(OC)ncnc1C1CC1. The predicted octanol–water partition coefficient (Wildman–Crippen LogP) is 4.56. The Morgan fingerprint density at radius 3 is 2.62 bits per heavy atom. The van der Waals surface area contributed by atoms with E-state index in [2.05, 4.69) is 26.8 Å². The Kier molecular flexibility index (Phi) is 7.80. The molecule has 1 aliphatic carbocycles. The maximum Gasteiger partial charge on any atom is 0.295 e. The van der Waals surface area contributed by atoms with Crippen LogP contribution in [-0.4, -0.2) is 50.6 Å². The molecule has 0 radical (unpaired) electrons. The lowest BCUT2D eigenvalue weighted by Gasteiger charge is -2.34. The number of aliphatic imine (C=N–C) groups is 2. The quantitative estimate of drug-likeness (QED) is 0.569. The predicted molar refractivity (Wildman–Crippen MR) is 145 cm³/mol. The number of hydrogen-bond donors (Lipinski definition) is 1. The van der Waals surface area contributed by atoms with Gasteiger partial charge in [0.1, 0.15) is 12.0 Å². The van der Waals surface area contributed by atoms with Gasteiger partial charge < -0.3 is 10.1 Å². The number of nitrogens with one attached hydrogen (secondary N) is 1. The molecule has 9 nitrogen and oxygen atoms in total. The Balaban J connectivity index is 1.75. The third-order valence-electron chi connectivity index (χ3n) is 6.55. The van der Waals surface area contributed by atoms with Gasteiger partial charge >= 0.3 is 0 Å². The number of rotatable bonds is 8. The first-order chi connectivity index (χ1) is 17.7. The van der Waals surface area contributed by atoms with Gasteiger partial charge in [-0.3, -0.25) is 14.7 Å². The minimum atomic E-state index is -0.232. The largest absolute Gasteiger partial charge is 0.480 e. The van der Waals surface area contributed by atoms with Crippen molar-refractivity contribution in [1.82, 2.24) is 25.2 Å². The summed E-state index contributed by atoms with van der Waals surface area (Å²) < 4.78 is 5.55. The van der Waals surface area contributed by atoms with E-state index in [1.54, 1.807) is 18.2 Å². The molecule has 2 aliphatic rings. The van der Waals surface area contributed by atoms with Gasteiger partial charge in [0, 0.05) is 30.4 Å². The van der Waals surface area contributed by atoms with E-state index in [-0.39, 0.29) is 17.8 Å². The molecule has 4 rings (SSSR count). The minimum Gasteiger partial charge on any atom is -0.480 e. The lowest BCUT2D eigenvalue weighted by molar-refractivity contribution is -0.122. The van der Waals surface area contributed by atoms with Crippen LogP contribution in [-0.2, 0) is 11.3 Å². The molecule has 2 aromatic heterocycles. The average Bonchev–Trinajstić information content (AvgIpc) is 3.73. The number of amidine groups is 2. The second-order valence-electron chi connectivity index (χ2n) is 9.70. The van der Waals surface area contributed by atoms with Gasteiger partial charge in [-0.15, -0.1) is 0 Å². The molecule has 1 atom stereocenters. The monoisotopic (exact) mass is 501 g/mol. The van der Waals surface area contributed by atoms with Gasteiger partial charge in [-0.2, -0.15) is 0 Å². The first-order valence-electron chi connectivity index (χ1n) is 12.7. The summed E-state index contributed by atoms with van der Waals surface area (Å²) >= 11 is 0. The normalized spacial score (nSPS) is 17.5. The molecule has 194 valence electrons. The summed E-state index contributed by atoms with van der Waals surface area (Å²) in [6, 6.07) is 3.82. The van der Waals surface area contributed by atoms with Crippen molar-refractivity contribution < 1.29 is 9.53 Å². The fourth-order valence-corrected chi connectivity index (χ4v) is 4.13. The Morgan fingerprint density at radius 1 is 1.27 bits per heavy atom. The van der Waals surface area contributed by atoms with Crippen LogP contribution in [0.25, 0.3) is 5.70 Å². The molecule has 37 heavy (non-hydrogen) atoms. The molecule has 0 unspecified atom stereocenters. The van der Waals surface area contributed by atoms with Crippen LogP contribution in [0.5, 0.6) is 5.88 Å². The van der Waals surface area contributed by atoms with Crippen LogP contribution in [0.3, 0.4) is 0 Å². The van der Waals surface area contributed by atoms with Crippen molar-refractivity contribution in [2.75, 3.05) is 7.11 Å². The molecule has 9 heteroatoms. The fourth-order valence-electron chi connectivity index (χ4n) is 4.13. The number of carbonyl (C=O) groups excluding carboxylic acids is 1. The number of aromatic nitrogens is 3. The van der Waals surface area contributed by atoms with Crippen LogP contribution in [0, 0.1) is 6.92 Å². The van der Waals surface area contributed by atoms with E-state index >= 15 is 0 Å². The second-order valence-corrected chi connectivity index (χ2v) is 9.70. The number of hydrogen-bond acceptors (Lipinski definition) is 8. The molecule has 0 saturated heterocycles. The lowest BCUT2D eigenvalue weighted by atomic mass is 10.1. The molecule has 0 bridgehead atoms. The van der Waals surface area contributed by atoms with Crippen molar-refractivity contribution in [3.8, 4) is 5.88 Å². The molecule has 1 fully saturated rings. The van der Waals surface area contributed by atoms with Gasteiger partial charge in [0.15, 0.2) is 11.7 Å². The van der Waals surface area contributed by atoms with Gasteiger partial charge in [-0.1, -0.05) is 19.6 Å². The van der Waals surface area contributed by atoms with Crippen molar-refractivity contribution in [2.45, 2.75) is 72.4 Å². The molecule has 1 N–H and O–H groups in total. The first kappa shape index (κ1) is 26.2. The summed E-state index contributed by atoms with van der Waals surface area (Å²) in [6.45, 7) is 14.6. The number of pyridine rings is 1. The van der Waals surface area contributed by atoms with Crippen molar-refractivity contribution in [3.05, 3.63) is 65.0 Å². The molecule has 1 aliphatic heterocycles. The Bertz CT molecular complexity index is 1290. The van der Waals surface area contributed by atoms with Crippen LogP contribution < -0.4 is 10.1 Å². The lowest BCUT2D eigenvalue weighted by Crippen LogP contribution is -2.53. The average molecular weight is 502 g/mol. The summed E-state index contributed by atoms with van der Waals surface area (Å²) in [4.78, 5) is 38.3. The highest BCUT2D eigenvalue weighted by molar-refractivity contribution is 6.44. The van der Waals surface area contributed by atoms with E-state index < -0.39 is 0 Å². The molecule has 0 aromatic carbocycles. The smallest absolute Gasteiger partial charge is 0.295 e. The van der Waals surface area contributed by atoms with Gasteiger partial charge in [0.25, 0.3) is 5.91 Å². The number of nitrogens with zero attached hydrogens (tertiary/aromatic N) is 6. The number of carbonyl (C=O) groups is 1. The zero-order chi connectivity index (χ0) is 26.7. The number of methoxy groups -OCH3 is 1. The van der Waals surface area contributed by atoms with Gasteiger partial charge in [-0.25, -0.2) is 20.0 Å². The standard InChI is InChI=1S/C28H35N7O2/c1-8-18(5)35-26(33-19(6)22-24(21-11-12-21)31-15-32-27(22)37-7)23(16(2)3)34-25(28(35)36)30-14-20-10-9-17(4)29-13-20/h9-10,13,15,18,21H,6,8,11-12,14H2,1-5,7H3,(H,30,34)/b33-26+/t18-/m0/s1.